The van der Waals surface area contributed by atoms with Crippen LogP contribution in [0.2, 0.25) is 0 Å². The molecule has 2 aromatic carbocycles. The molecule has 0 heterocycles. The zero-order valence-corrected chi connectivity index (χ0v) is 12.4. The Morgan fingerprint density at radius 3 is 2.85 bits per heavy atom. The molecular weight excluding hydrogens is 242 g/mol. The maximum absolute atomic E-state index is 3.76. The summed E-state index contributed by atoms with van der Waals surface area (Å²) in [6.45, 7) is 5.33. The van der Waals surface area contributed by atoms with Gasteiger partial charge in [-0.15, -0.1) is 0 Å². The van der Waals surface area contributed by atoms with Gasteiger partial charge < -0.3 is 5.32 Å². The second-order valence-corrected chi connectivity index (χ2v) is 5.95. The van der Waals surface area contributed by atoms with Gasteiger partial charge in [0.25, 0.3) is 0 Å². The van der Waals surface area contributed by atoms with Gasteiger partial charge in [-0.25, -0.2) is 0 Å². The molecule has 0 bridgehead atoms. The Morgan fingerprint density at radius 2 is 1.95 bits per heavy atom. The van der Waals surface area contributed by atoms with E-state index in [1.165, 1.54) is 47.1 Å². The molecule has 2 aromatic rings. The molecule has 1 heteroatoms. The van der Waals surface area contributed by atoms with Gasteiger partial charge in [0.15, 0.2) is 0 Å². The lowest BCUT2D eigenvalue weighted by atomic mass is 9.87. The van der Waals surface area contributed by atoms with Crippen molar-refractivity contribution < 1.29 is 0 Å². The molecule has 0 saturated heterocycles. The van der Waals surface area contributed by atoms with Crippen molar-refractivity contribution in [2.24, 2.45) is 0 Å². The minimum Gasteiger partial charge on any atom is -0.306 e. The molecule has 0 aromatic heterocycles. The van der Waals surface area contributed by atoms with Crippen LogP contribution < -0.4 is 5.32 Å². The van der Waals surface area contributed by atoms with E-state index >= 15 is 0 Å². The Morgan fingerprint density at radius 1 is 1.10 bits per heavy atom. The molecule has 1 aliphatic carbocycles. The molecule has 104 valence electrons. The zero-order valence-electron chi connectivity index (χ0n) is 12.4. The molecule has 0 radical (unpaired) electrons. The molecule has 1 unspecified atom stereocenters. The molecule has 1 N–H and O–H groups in total. The van der Waals surface area contributed by atoms with Crippen LogP contribution >= 0.6 is 0 Å². The van der Waals surface area contributed by atoms with Gasteiger partial charge in [0, 0.05) is 12.6 Å². The molecule has 0 fully saturated rings. The normalized spacial score (nSPS) is 17.8. The highest BCUT2D eigenvalue weighted by molar-refractivity contribution is 5.33. The quantitative estimate of drug-likeness (QED) is 0.863. The summed E-state index contributed by atoms with van der Waals surface area (Å²) in [6.07, 6.45) is 3.78. The lowest BCUT2D eigenvalue weighted by Gasteiger charge is -2.26. The van der Waals surface area contributed by atoms with Crippen molar-refractivity contribution in [2.45, 2.75) is 45.7 Å². The average Bonchev–Trinajstić information content (AvgIpc) is 2.48. The van der Waals surface area contributed by atoms with Crippen LogP contribution in [0.4, 0.5) is 0 Å². The van der Waals surface area contributed by atoms with E-state index in [9.17, 15) is 0 Å². The first kappa shape index (κ1) is 13.4. The van der Waals surface area contributed by atoms with Gasteiger partial charge in [0.1, 0.15) is 0 Å². The average molecular weight is 265 g/mol. The molecule has 20 heavy (non-hydrogen) atoms. The predicted molar refractivity (Wildman–Crippen MR) is 84.9 cm³/mol. The van der Waals surface area contributed by atoms with Gasteiger partial charge in [-0.1, -0.05) is 48.0 Å². The van der Waals surface area contributed by atoms with Gasteiger partial charge in [-0.2, -0.15) is 0 Å². The number of fused-ring (bicyclic) bond motifs is 1. The van der Waals surface area contributed by atoms with E-state index in [4.69, 9.17) is 0 Å². The summed E-state index contributed by atoms with van der Waals surface area (Å²) in [5, 5.41) is 3.76. The first-order chi connectivity index (χ1) is 9.74. The highest BCUT2D eigenvalue weighted by atomic mass is 14.9. The van der Waals surface area contributed by atoms with Gasteiger partial charge in [0.2, 0.25) is 0 Å². The van der Waals surface area contributed by atoms with Crippen LogP contribution in [0, 0.1) is 13.8 Å². The van der Waals surface area contributed by atoms with Crippen molar-refractivity contribution in [1.82, 2.24) is 5.32 Å². The predicted octanol–water partition coefficient (Wildman–Crippen LogP) is 4.47. The van der Waals surface area contributed by atoms with Gasteiger partial charge in [-0.3, -0.25) is 0 Å². The fourth-order valence-electron chi connectivity index (χ4n) is 3.19. The van der Waals surface area contributed by atoms with Crippen molar-refractivity contribution in [3.63, 3.8) is 0 Å². The van der Waals surface area contributed by atoms with Crippen molar-refractivity contribution in [3.8, 4) is 0 Å². The SMILES string of the molecule is Cc1ccc(C)c(CNC2CCCc3ccccc32)c1. The highest BCUT2D eigenvalue weighted by Gasteiger charge is 2.19. The van der Waals surface area contributed by atoms with Crippen LogP contribution in [0.5, 0.6) is 0 Å². The second kappa shape index (κ2) is 5.80. The van der Waals surface area contributed by atoms with Crippen LogP contribution in [-0.2, 0) is 13.0 Å². The van der Waals surface area contributed by atoms with Crippen LogP contribution in [0.15, 0.2) is 42.5 Å². The van der Waals surface area contributed by atoms with E-state index in [1.54, 1.807) is 0 Å². The molecule has 1 nitrogen and oxygen atoms in total. The Bertz CT molecular complexity index is 600. The summed E-state index contributed by atoms with van der Waals surface area (Å²) in [7, 11) is 0. The number of hydrogen-bond acceptors (Lipinski definition) is 1. The van der Waals surface area contributed by atoms with E-state index in [-0.39, 0.29) is 0 Å². The largest absolute Gasteiger partial charge is 0.306 e. The van der Waals surface area contributed by atoms with Gasteiger partial charge in [-0.05, 0) is 55.4 Å². The maximum atomic E-state index is 3.76. The minimum absolute atomic E-state index is 0.514. The summed E-state index contributed by atoms with van der Waals surface area (Å²) < 4.78 is 0. The Balaban J connectivity index is 1.75. The smallest absolute Gasteiger partial charge is 0.0326 e. The first-order valence-electron chi connectivity index (χ1n) is 7.61. The lowest BCUT2D eigenvalue weighted by molar-refractivity contribution is 0.458. The van der Waals surface area contributed by atoms with Crippen molar-refractivity contribution in [2.75, 3.05) is 0 Å². The van der Waals surface area contributed by atoms with Crippen LogP contribution in [-0.4, -0.2) is 0 Å². The summed E-state index contributed by atoms with van der Waals surface area (Å²) in [5.41, 5.74) is 7.18. The topological polar surface area (TPSA) is 12.0 Å². The zero-order chi connectivity index (χ0) is 13.9. The van der Waals surface area contributed by atoms with Crippen LogP contribution in [0.1, 0.15) is 46.7 Å². The molecular formula is C19H23N. The lowest BCUT2D eigenvalue weighted by Crippen LogP contribution is -2.25. The Hall–Kier alpha value is -1.60. The van der Waals surface area contributed by atoms with E-state index in [2.05, 4.69) is 61.6 Å². The Kier molecular flexibility index (Phi) is 3.88. The monoisotopic (exact) mass is 265 g/mol. The van der Waals surface area contributed by atoms with E-state index < -0.39 is 0 Å². The molecule has 0 amide bonds. The third-order valence-electron chi connectivity index (χ3n) is 4.41. The minimum atomic E-state index is 0.514. The third kappa shape index (κ3) is 2.78. The number of hydrogen-bond donors (Lipinski definition) is 1. The van der Waals surface area contributed by atoms with E-state index in [0.717, 1.165) is 6.54 Å². The van der Waals surface area contributed by atoms with Gasteiger partial charge in [0.05, 0.1) is 0 Å². The van der Waals surface area contributed by atoms with E-state index in [1.807, 2.05) is 0 Å². The van der Waals surface area contributed by atoms with Crippen LogP contribution in [0.25, 0.3) is 0 Å². The fourth-order valence-corrected chi connectivity index (χ4v) is 3.19. The number of nitrogens with one attached hydrogen (secondary N) is 1. The summed E-state index contributed by atoms with van der Waals surface area (Å²) in [4.78, 5) is 0. The molecule has 0 aliphatic heterocycles. The number of aryl methyl sites for hydroxylation is 3. The number of benzene rings is 2. The molecule has 1 aliphatic rings. The van der Waals surface area contributed by atoms with Crippen molar-refractivity contribution in [1.29, 1.82) is 0 Å². The standard InChI is InChI=1S/C19H23N/c1-14-10-11-15(2)17(12-14)13-20-19-9-5-7-16-6-3-4-8-18(16)19/h3-4,6,8,10-12,19-20H,5,7,9,13H2,1-2H3. The second-order valence-electron chi connectivity index (χ2n) is 5.95. The number of rotatable bonds is 3. The van der Waals surface area contributed by atoms with E-state index in [0.29, 0.717) is 6.04 Å². The van der Waals surface area contributed by atoms with Crippen molar-refractivity contribution in [3.05, 3.63) is 70.3 Å². The summed E-state index contributed by atoms with van der Waals surface area (Å²) >= 11 is 0. The third-order valence-corrected chi connectivity index (χ3v) is 4.41. The summed E-state index contributed by atoms with van der Waals surface area (Å²) in [6, 6.07) is 16.1. The van der Waals surface area contributed by atoms with Crippen LogP contribution in [0.3, 0.4) is 0 Å². The highest BCUT2D eigenvalue weighted by Crippen LogP contribution is 2.29. The first-order valence-corrected chi connectivity index (χ1v) is 7.61. The molecule has 3 rings (SSSR count). The summed E-state index contributed by atoms with van der Waals surface area (Å²) in [5.74, 6) is 0. The molecule has 0 spiro atoms. The molecule has 0 saturated carbocycles. The molecule has 1 atom stereocenters. The fraction of sp³-hybridized carbons (Fsp3) is 0.368. The maximum Gasteiger partial charge on any atom is 0.0326 e. The Labute approximate surface area is 122 Å². The van der Waals surface area contributed by atoms with Gasteiger partial charge >= 0.3 is 0 Å². The van der Waals surface area contributed by atoms with Crippen molar-refractivity contribution >= 4 is 0 Å².